The third-order valence-corrected chi connectivity index (χ3v) is 7.68. The monoisotopic (exact) mass is 414 g/mol. The Morgan fingerprint density at radius 3 is 2.24 bits per heavy atom. The lowest BCUT2D eigenvalue weighted by molar-refractivity contribution is 0.0939. The van der Waals surface area contributed by atoms with E-state index in [0.717, 1.165) is 30.4 Å². The Labute approximate surface area is 174 Å². The molecule has 2 aromatic rings. The maximum atomic E-state index is 13.0. The molecule has 1 amide bonds. The van der Waals surface area contributed by atoms with Crippen LogP contribution in [0.1, 0.15) is 64.8 Å². The summed E-state index contributed by atoms with van der Waals surface area (Å²) in [5, 5.41) is 3.01. The number of nitrogens with one attached hydrogen (secondary N) is 1. The first-order valence-electron chi connectivity index (χ1n) is 10.2. The summed E-state index contributed by atoms with van der Waals surface area (Å²) in [4.78, 5) is 13.1. The van der Waals surface area contributed by atoms with E-state index in [9.17, 15) is 13.2 Å². The van der Waals surface area contributed by atoms with Crippen molar-refractivity contribution in [3.63, 3.8) is 0 Å². The number of carbonyl (C=O) groups is 1. The van der Waals surface area contributed by atoms with Crippen molar-refractivity contribution in [2.75, 3.05) is 13.1 Å². The molecule has 0 aromatic heterocycles. The predicted molar refractivity (Wildman–Crippen MR) is 116 cm³/mol. The average Bonchev–Trinajstić information content (AvgIpc) is 2.70. The third kappa shape index (κ3) is 4.70. The molecule has 0 radical (unpaired) electrons. The van der Waals surface area contributed by atoms with Crippen LogP contribution in [0.25, 0.3) is 0 Å². The second-order valence-corrected chi connectivity index (χ2v) is 9.92. The number of sulfonamides is 1. The standard InChI is InChI=1S/C23H30N2O3S/c1-16-8-10-20(14-18(16)3)19(4)24-23(26)22-15-21(11-9-17(22)2)29(27,28)25-12-6-5-7-13-25/h8-11,14-15,19H,5-7,12-13H2,1-4H3,(H,24,26)/t19-/m0/s1. The van der Waals surface area contributed by atoms with E-state index in [0.29, 0.717) is 18.7 Å². The van der Waals surface area contributed by atoms with Crippen molar-refractivity contribution in [3.05, 3.63) is 64.2 Å². The smallest absolute Gasteiger partial charge is 0.252 e. The Kier molecular flexibility index (Phi) is 6.44. The highest BCUT2D eigenvalue weighted by Gasteiger charge is 2.27. The zero-order chi connectivity index (χ0) is 21.2. The highest BCUT2D eigenvalue weighted by atomic mass is 32.2. The lowest BCUT2D eigenvalue weighted by Gasteiger charge is -2.26. The maximum absolute atomic E-state index is 13.0. The molecule has 6 heteroatoms. The molecule has 1 aliphatic heterocycles. The van der Waals surface area contributed by atoms with Gasteiger partial charge in [-0.15, -0.1) is 0 Å². The molecule has 5 nitrogen and oxygen atoms in total. The molecule has 0 saturated carbocycles. The minimum absolute atomic E-state index is 0.177. The fourth-order valence-corrected chi connectivity index (χ4v) is 5.20. The SMILES string of the molecule is Cc1ccc([C@H](C)NC(=O)c2cc(S(=O)(=O)N3CCCCC3)ccc2C)cc1C. The summed E-state index contributed by atoms with van der Waals surface area (Å²) in [6.45, 7) is 8.95. The van der Waals surface area contributed by atoms with Gasteiger partial charge in [-0.2, -0.15) is 4.31 Å². The van der Waals surface area contributed by atoms with Crippen LogP contribution < -0.4 is 5.32 Å². The Morgan fingerprint density at radius 2 is 1.59 bits per heavy atom. The van der Waals surface area contributed by atoms with E-state index in [1.807, 2.05) is 32.9 Å². The van der Waals surface area contributed by atoms with Crippen LogP contribution in [0.5, 0.6) is 0 Å². The summed E-state index contributed by atoms with van der Waals surface area (Å²) in [7, 11) is -3.57. The zero-order valence-corrected chi connectivity index (χ0v) is 18.5. The Balaban J connectivity index is 1.83. The van der Waals surface area contributed by atoms with Gasteiger partial charge < -0.3 is 5.32 Å². The molecule has 1 saturated heterocycles. The quantitative estimate of drug-likeness (QED) is 0.794. The van der Waals surface area contributed by atoms with Crippen LogP contribution in [-0.2, 0) is 10.0 Å². The van der Waals surface area contributed by atoms with Crippen molar-refractivity contribution in [2.45, 2.75) is 57.9 Å². The van der Waals surface area contributed by atoms with Gasteiger partial charge in [0.2, 0.25) is 10.0 Å². The summed E-state index contributed by atoms with van der Waals surface area (Å²) < 4.78 is 27.5. The van der Waals surface area contributed by atoms with E-state index < -0.39 is 10.0 Å². The van der Waals surface area contributed by atoms with Crippen molar-refractivity contribution in [1.29, 1.82) is 0 Å². The van der Waals surface area contributed by atoms with Crippen molar-refractivity contribution >= 4 is 15.9 Å². The summed E-state index contributed by atoms with van der Waals surface area (Å²) in [6, 6.07) is 10.8. The van der Waals surface area contributed by atoms with E-state index in [1.54, 1.807) is 12.1 Å². The van der Waals surface area contributed by atoms with Crippen molar-refractivity contribution in [3.8, 4) is 0 Å². The molecular weight excluding hydrogens is 384 g/mol. The van der Waals surface area contributed by atoms with Gasteiger partial charge in [0.25, 0.3) is 5.91 Å². The van der Waals surface area contributed by atoms with Gasteiger partial charge in [0, 0.05) is 18.7 Å². The van der Waals surface area contributed by atoms with Gasteiger partial charge in [-0.05, 0) is 74.9 Å². The molecule has 1 N–H and O–H groups in total. The van der Waals surface area contributed by atoms with Crippen LogP contribution in [-0.4, -0.2) is 31.7 Å². The van der Waals surface area contributed by atoms with Crippen LogP contribution in [0.3, 0.4) is 0 Å². The topological polar surface area (TPSA) is 66.5 Å². The second kappa shape index (κ2) is 8.67. The normalized spacial score (nSPS) is 16.4. The summed E-state index contributed by atoms with van der Waals surface area (Å²) >= 11 is 0. The molecule has 0 aliphatic carbocycles. The molecule has 1 aliphatic rings. The minimum Gasteiger partial charge on any atom is -0.346 e. The number of benzene rings is 2. The molecule has 29 heavy (non-hydrogen) atoms. The van der Waals surface area contributed by atoms with Crippen LogP contribution in [0.15, 0.2) is 41.3 Å². The summed E-state index contributed by atoms with van der Waals surface area (Å²) in [5.74, 6) is -0.260. The van der Waals surface area contributed by atoms with Crippen LogP contribution in [0.2, 0.25) is 0 Å². The number of rotatable bonds is 5. The van der Waals surface area contributed by atoms with E-state index in [-0.39, 0.29) is 16.8 Å². The molecule has 0 bridgehead atoms. The van der Waals surface area contributed by atoms with Crippen molar-refractivity contribution in [2.24, 2.45) is 0 Å². The Hall–Kier alpha value is -2.18. The molecule has 1 heterocycles. The lowest BCUT2D eigenvalue weighted by atomic mass is 10.0. The first-order chi connectivity index (χ1) is 13.7. The van der Waals surface area contributed by atoms with Gasteiger partial charge in [-0.1, -0.05) is 30.7 Å². The third-order valence-electron chi connectivity index (χ3n) is 5.79. The van der Waals surface area contributed by atoms with Crippen LogP contribution in [0, 0.1) is 20.8 Å². The zero-order valence-electron chi connectivity index (χ0n) is 17.7. The van der Waals surface area contributed by atoms with Crippen molar-refractivity contribution < 1.29 is 13.2 Å². The van der Waals surface area contributed by atoms with E-state index in [2.05, 4.69) is 18.3 Å². The fourth-order valence-electron chi connectivity index (χ4n) is 3.65. The summed E-state index contributed by atoms with van der Waals surface area (Å²) in [5.41, 5.74) is 4.57. The first-order valence-corrected chi connectivity index (χ1v) is 11.6. The molecule has 1 atom stereocenters. The van der Waals surface area contributed by atoms with Gasteiger partial charge in [-0.3, -0.25) is 4.79 Å². The molecule has 3 rings (SSSR count). The highest BCUT2D eigenvalue weighted by molar-refractivity contribution is 7.89. The lowest BCUT2D eigenvalue weighted by Crippen LogP contribution is -2.35. The number of hydrogen-bond acceptors (Lipinski definition) is 3. The van der Waals surface area contributed by atoms with Gasteiger partial charge in [0.15, 0.2) is 0 Å². The molecule has 2 aromatic carbocycles. The molecule has 1 fully saturated rings. The number of aryl methyl sites for hydroxylation is 3. The number of carbonyl (C=O) groups excluding carboxylic acids is 1. The number of amides is 1. The number of piperidine rings is 1. The predicted octanol–water partition coefficient (Wildman–Crippen LogP) is 4.28. The number of hydrogen-bond donors (Lipinski definition) is 1. The fraction of sp³-hybridized carbons (Fsp3) is 0.435. The Bertz CT molecular complexity index is 1010. The Morgan fingerprint density at radius 1 is 0.931 bits per heavy atom. The molecule has 0 spiro atoms. The molecule has 156 valence electrons. The molecular formula is C23H30N2O3S. The maximum Gasteiger partial charge on any atom is 0.252 e. The summed E-state index contributed by atoms with van der Waals surface area (Å²) in [6.07, 6.45) is 2.82. The van der Waals surface area contributed by atoms with Gasteiger partial charge in [0.05, 0.1) is 10.9 Å². The van der Waals surface area contributed by atoms with E-state index in [1.165, 1.54) is 21.5 Å². The van der Waals surface area contributed by atoms with E-state index in [4.69, 9.17) is 0 Å². The largest absolute Gasteiger partial charge is 0.346 e. The van der Waals surface area contributed by atoms with Gasteiger partial charge in [-0.25, -0.2) is 8.42 Å². The van der Waals surface area contributed by atoms with Crippen LogP contribution >= 0.6 is 0 Å². The molecule has 0 unspecified atom stereocenters. The second-order valence-electron chi connectivity index (χ2n) is 7.98. The van der Waals surface area contributed by atoms with Gasteiger partial charge >= 0.3 is 0 Å². The number of nitrogens with zero attached hydrogens (tertiary/aromatic N) is 1. The van der Waals surface area contributed by atoms with Gasteiger partial charge in [0.1, 0.15) is 0 Å². The first kappa shape index (κ1) is 21.5. The van der Waals surface area contributed by atoms with E-state index >= 15 is 0 Å². The average molecular weight is 415 g/mol. The minimum atomic E-state index is -3.57. The highest BCUT2D eigenvalue weighted by Crippen LogP contribution is 2.24. The van der Waals surface area contributed by atoms with Crippen molar-refractivity contribution in [1.82, 2.24) is 9.62 Å². The van der Waals surface area contributed by atoms with Crippen LogP contribution in [0.4, 0.5) is 0 Å².